The molecule has 0 radical (unpaired) electrons. The fourth-order valence-electron chi connectivity index (χ4n) is 1.18. The van der Waals surface area contributed by atoms with Gasteiger partial charge in [0, 0.05) is 23.3 Å². The maximum Gasteiger partial charge on any atom is 0.0639 e. The van der Waals surface area contributed by atoms with Crippen molar-refractivity contribution < 1.29 is 4.74 Å². The maximum atomic E-state index is 5.45. The molecule has 84 valence electrons. The first-order valence-corrected chi connectivity index (χ1v) is 6.19. The van der Waals surface area contributed by atoms with Crippen molar-refractivity contribution >= 4 is 21.6 Å². The number of hydrogen-bond acceptors (Lipinski definition) is 2. The lowest BCUT2D eigenvalue weighted by atomic mass is 10.3. The molecule has 0 atom stereocenters. The van der Waals surface area contributed by atoms with Gasteiger partial charge in [0.1, 0.15) is 0 Å². The third-order valence-electron chi connectivity index (χ3n) is 2.06. The molecule has 0 amide bonds. The molecule has 1 aromatic rings. The van der Waals surface area contributed by atoms with Crippen molar-refractivity contribution in [3.05, 3.63) is 28.7 Å². The Bertz CT molecular complexity index is 261. The van der Waals surface area contributed by atoms with Crippen LogP contribution in [-0.4, -0.2) is 19.8 Å². The Balaban J connectivity index is 2.07. The smallest absolute Gasteiger partial charge is 0.0639 e. The van der Waals surface area contributed by atoms with E-state index in [4.69, 9.17) is 4.74 Å². The van der Waals surface area contributed by atoms with Crippen LogP contribution in [0.2, 0.25) is 0 Å². The summed E-state index contributed by atoms with van der Waals surface area (Å²) in [6, 6.07) is 8.16. The second-order valence-corrected chi connectivity index (χ2v) is 4.32. The molecular weight excluding hydrogens is 254 g/mol. The average molecular weight is 272 g/mol. The van der Waals surface area contributed by atoms with Crippen LogP contribution in [-0.2, 0) is 4.74 Å². The molecule has 1 N–H and O–H groups in total. The first-order valence-electron chi connectivity index (χ1n) is 5.40. The van der Waals surface area contributed by atoms with E-state index in [1.54, 1.807) is 0 Å². The molecule has 15 heavy (non-hydrogen) atoms. The maximum absolute atomic E-state index is 5.45. The van der Waals surface area contributed by atoms with Crippen molar-refractivity contribution in [2.75, 3.05) is 25.1 Å². The zero-order chi connectivity index (χ0) is 10.9. The van der Waals surface area contributed by atoms with Crippen LogP contribution in [0.5, 0.6) is 0 Å². The first-order chi connectivity index (χ1) is 7.33. The number of benzene rings is 1. The van der Waals surface area contributed by atoms with Crippen LogP contribution in [0.3, 0.4) is 0 Å². The quantitative estimate of drug-likeness (QED) is 0.764. The van der Waals surface area contributed by atoms with Gasteiger partial charge >= 0.3 is 0 Å². The van der Waals surface area contributed by atoms with Crippen LogP contribution in [0.25, 0.3) is 0 Å². The number of hydrogen-bond donors (Lipinski definition) is 1. The minimum Gasteiger partial charge on any atom is -0.383 e. The molecule has 0 bridgehead atoms. The first kappa shape index (κ1) is 12.5. The van der Waals surface area contributed by atoms with Crippen molar-refractivity contribution in [2.45, 2.75) is 19.8 Å². The Kier molecular flexibility index (Phi) is 6.44. The van der Waals surface area contributed by atoms with Gasteiger partial charge in [-0.05, 0) is 30.7 Å². The van der Waals surface area contributed by atoms with E-state index in [0.29, 0.717) is 0 Å². The van der Waals surface area contributed by atoms with Crippen LogP contribution in [0.15, 0.2) is 28.7 Å². The second-order valence-electron chi connectivity index (χ2n) is 3.40. The Hall–Kier alpha value is -0.540. The molecule has 0 spiro atoms. The lowest BCUT2D eigenvalue weighted by Gasteiger charge is -2.06. The largest absolute Gasteiger partial charge is 0.383 e. The van der Waals surface area contributed by atoms with Crippen molar-refractivity contribution in [2.24, 2.45) is 0 Å². The predicted molar refractivity (Wildman–Crippen MR) is 68.4 cm³/mol. The summed E-state index contributed by atoms with van der Waals surface area (Å²) in [5.74, 6) is 0. The van der Waals surface area contributed by atoms with Gasteiger partial charge in [0.25, 0.3) is 0 Å². The van der Waals surface area contributed by atoms with E-state index in [0.717, 1.165) is 36.3 Å². The van der Waals surface area contributed by atoms with Gasteiger partial charge < -0.3 is 10.1 Å². The van der Waals surface area contributed by atoms with Crippen LogP contribution >= 0.6 is 15.9 Å². The van der Waals surface area contributed by atoms with Crippen LogP contribution in [0.4, 0.5) is 5.69 Å². The van der Waals surface area contributed by atoms with E-state index in [1.165, 1.54) is 6.42 Å². The summed E-state index contributed by atoms with van der Waals surface area (Å²) in [7, 11) is 0. The summed E-state index contributed by atoms with van der Waals surface area (Å²) in [6.07, 6.45) is 2.35. The van der Waals surface area contributed by atoms with Gasteiger partial charge in [-0.15, -0.1) is 0 Å². The topological polar surface area (TPSA) is 21.3 Å². The minimum absolute atomic E-state index is 0.774. The van der Waals surface area contributed by atoms with Gasteiger partial charge in [-0.3, -0.25) is 0 Å². The van der Waals surface area contributed by atoms with E-state index >= 15 is 0 Å². The van der Waals surface area contributed by atoms with Crippen molar-refractivity contribution in [1.82, 2.24) is 0 Å². The molecule has 0 fully saturated rings. The van der Waals surface area contributed by atoms with Gasteiger partial charge in [0.15, 0.2) is 0 Å². The molecule has 3 heteroatoms. The van der Waals surface area contributed by atoms with Gasteiger partial charge in [-0.2, -0.15) is 0 Å². The Labute approximate surface area is 100 Å². The van der Waals surface area contributed by atoms with E-state index in [-0.39, 0.29) is 0 Å². The summed E-state index contributed by atoms with van der Waals surface area (Å²) >= 11 is 3.40. The van der Waals surface area contributed by atoms with Gasteiger partial charge in [0.2, 0.25) is 0 Å². The van der Waals surface area contributed by atoms with E-state index in [2.05, 4.69) is 40.3 Å². The molecule has 0 aromatic heterocycles. The van der Waals surface area contributed by atoms with E-state index < -0.39 is 0 Å². The highest BCUT2D eigenvalue weighted by molar-refractivity contribution is 9.10. The highest BCUT2D eigenvalue weighted by Gasteiger charge is 1.91. The number of anilines is 1. The molecule has 0 unspecified atom stereocenters. The lowest BCUT2D eigenvalue weighted by Crippen LogP contribution is -2.09. The molecular formula is C12H18BrNO. The summed E-state index contributed by atoms with van der Waals surface area (Å²) in [6.45, 7) is 4.68. The number of rotatable bonds is 7. The Morgan fingerprint density at radius 3 is 2.60 bits per heavy atom. The van der Waals surface area contributed by atoms with Crippen LogP contribution < -0.4 is 5.32 Å². The van der Waals surface area contributed by atoms with E-state index in [9.17, 15) is 0 Å². The average Bonchev–Trinajstić information content (AvgIpc) is 2.26. The molecule has 0 aliphatic heterocycles. The van der Waals surface area contributed by atoms with Crippen LogP contribution in [0.1, 0.15) is 19.8 Å². The van der Waals surface area contributed by atoms with Crippen molar-refractivity contribution in [1.29, 1.82) is 0 Å². The third-order valence-corrected chi connectivity index (χ3v) is 2.59. The highest BCUT2D eigenvalue weighted by atomic mass is 79.9. The monoisotopic (exact) mass is 271 g/mol. The third kappa shape index (κ3) is 5.80. The SMILES string of the molecule is CCCCOCCNc1ccc(Br)cc1. The summed E-state index contributed by atoms with van der Waals surface area (Å²) < 4.78 is 6.55. The predicted octanol–water partition coefficient (Wildman–Crippen LogP) is 3.68. The minimum atomic E-state index is 0.774. The van der Waals surface area contributed by atoms with Gasteiger partial charge in [0.05, 0.1) is 6.61 Å². The lowest BCUT2D eigenvalue weighted by molar-refractivity contribution is 0.141. The fraction of sp³-hybridized carbons (Fsp3) is 0.500. The molecule has 0 saturated heterocycles. The number of nitrogens with one attached hydrogen (secondary N) is 1. The molecule has 2 nitrogen and oxygen atoms in total. The highest BCUT2D eigenvalue weighted by Crippen LogP contribution is 2.13. The zero-order valence-corrected chi connectivity index (χ0v) is 10.7. The Morgan fingerprint density at radius 1 is 1.20 bits per heavy atom. The second kappa shape index (κ2) is 7.71. The summed E-state index contributed by atoms with van der Waals surface area (Å²) in [5.41, 5.74) is 1.14. The molecule has 1 rings (SSSR count). The van der Waals surface area contributed by atoms with Gasteiger partial charge in [-0.25, -0.2) is 0 Å². The standard InChI is InChI=1S/C12H18BrNO/c1-2-3-9-15-10-8-14-12-6-4-11(13)5-7-12/h4-7,14H,2-3,8-10H2,1H3. The number of unbranched alkanes of at least 4 members (excludes halogenated alkanes) is 1. The molecule has 0 saturated carbocycles. The number of ether oxygens (including phenoxy) is 1. The van der Waals surface area contributed by atoms with Gasteiger partial charge in [-0.1, -0.05) is 29.3 Å². The van der Waals surface area contributed by atoms with Crippen molar-refractivity contribution in [3.63, 3.8) is 0 Å². The molecule has 0 heterocycles. The molecule has 0 aliphatic rings. The molecule has 1 aromatic carbocycles. The fourth-order valence-corrected chi connectivity index (χ4v) is 1.45. The zero-order valence-electron chi connectivity index (χ0n) is 9.13. The number of halogens is 1. The van der Waals surface area contributed by atoms with Crippen molar-refractivity contribution in [3.8, 4) is 0 Å². The summed E-state index contributed by atoms with van der Waals surface area (Å²) in [5, 5.41) is 3.30. The Morgan fingerprint density at radius 2 is 1.93 bits per heavy atom. The van der Waals surface area contributed by atoms with E-state index in [1.807, 2.05) is 12.1 Å². The molecule has 0 aliphatic carbocycles. The van der Waals surface area contributed by atoms with Crippen LogP contribution in [0, 0.1) is 0 Å². The normalized spacial score (nSPS) is 10.3. The summed E-state index contributed by atoms with van der Waals surface area (Å²) in [4.78, 5) is 0.